The van der Waals surface area contributed by atoms with E-state index < -0.39 is 10.1 Å². The van der Waals surface area contributed by atoms with Crippen LogP contribution in [0.5, 0.6) is 0 Å². The molecule has 1 heterocycles. The Morgan fingerprint density at radius 3 is 2.48 bits per heavy atom. The Morgan fingerprint density at radius 2 is 1.89 bits per heavy atom. The van der Waals surface area contributed by atoms with Gasteiger partial charge in [-0.25, -0.2) is 4.99 Å². The van der Waals surface area contributed by atoms with Gasteiger partial charge in [0.2, 0.25) is 5.55 Å². The molecule has 0 aliphatic carbocycles. The van der Waals surface area contributed by atoms with Crippen LogP contribution in [-0.4, -0.2) is 32.8 Å². The molecule has 0 atom stereocenters. The van der Waals surface area contributed by atoms with Gasteiger partial charge in [0, 0.05) is 30.7 Å². The van der Waals surface area contributed by atoms with Gasteiger partial charge >= 0.3 is 0 Å². The zero-order chi connectivity index (χ0) is 19.6. The number of anilines is 1. The van der Waals surface area contributed by atoms with Crippen LogP contribution < -0.4 is 10.5 Å². The predicted molar refractivity (Wildman–Crippen MR) is 102 cm³/mol. The van der Waals surface area contributed by atoms with Crippen LogP contribution in [0.25, 0.3) is 11.0 Å². The number of hydrogen-bond acceptors (Lipinski definition) is 6. The van der Waals surface area contributed by atoms with E-state index in [1.807, 2.05) is 13.0 Å². The van der Waals surface area contributed by atoms with E-state index in [2.05, 4.69) is 4.99 Å². The summed E-state index contributed by atoms with van der Waals surface area (Å²) in [5.74, 6) is 0. The molecule has 1 aromatic heterocycles. The van der Waals surface area contributed by atoms with E-state index in [4.69, 9.17) is 4.42 Å². The van der Waals surface area contributed by atoms with Crippen LogP contribution in [0, 0.1) is 0 Å². The normalized spacial score (nSPS) is 12.3. The number of rotatable bonds is 5. The summed E-state index contributed by atoms with van der Waals surface area (Å²) in [6.45, 7) is 2.52. The summed E-state index contributed by atoms with van der Waals surface area (Å²) in [6, 6.07) is 13.3. The second-order valence-electron chi connectivity index (χ2n) is 5.92. The van der Waals surface area contributed by atoms with Crippen molar-refractivity contribution >= 4 is 38.7 Å². The number of nitrogens with zero attached hydrogens (tertiary/aromatic N) is 2. The standard InChI is InChI=1S/C19H18N2O5S/c1-3-21(2)15-10-17-16(18(11-15)27(23,24)25)9-13(12-22)19(26-17)20-14-7-5-4-6-8-14/h4-12H,3H2,1-2H3,(H,23,24,25). The molecule has 7 nitrogen and oxygen atoms in total. The third kappa shape index (κ3) is 3.91. The van der Waals surface area contributed by atoms with Crippen LogP contribution in [-0.2, 0) is 10.1 Å². The van der Waals surface area contributed by atoms with Crippen molar-refractivity contribution in [1.29, 1.82) is 0 Å². The highest BCUT2D eigenvalue weighted by Gasteiger charge is 2.19. The van der Waals surface area contributed by atoms with Crippen LogP contribution in [0.1, 0.15) is 17.3 Å². The Balaban J connectivity index is 2.39. The van der Waals surface area contributed by atoms with Crippen molar-refractivity contribution in [3.05, 3.63) is 59.6 Å². The first kappa shape index (κ1) is 18.8. The van der Waals surface area contributed by atoms with Gasteiger partial charge in [0.05, 0.1) is 11.3 Å². The van der Waals surface area contributed by atoms with Gasteiger partial charge in [0.15, 0.2) is 6.29 Å². The van der Waals surface area contributed by atoms with E-state index in [-0.39, 0.29) is 27.0 Å². The second-order valence-corrected chi connectivity index (χ2v) is 7.31. The number of para-hydroxylation sites is 1. The van der Waals surface area contributed by atoms with E-state index >= 15 is 0 Å². The lowest BCUT2D eigenvalue weighted by molar-refractivity contribution is 0.112. The molecule has 3 aromatic rings. The van der Waals surface area contributed by atoms with Crippen molar-refractivity contribution < 1.29 is 22.2 Å². The van der Waals surface area contributed by atoms with Crippen molar-refractivity contribution in [2.75, 3.05) is 18.5 Å². The fourth-order valence-corrected chi connectivity index (χ4v) is 3.31. The highest BCUT2D eigenvalue weighted by molar-refractivity contribution is 7.86. The number of aldehydes is 1. The lowest BCUT2D eigenvalue weighted by atomic mass is 10.1. The minimum atomic E-state index is -4.52. The Bertz CT molecular complexity index is 1170. The first-order valence-corrected chi connectivity index (χ1v) is 9.63. The number of hydrogen-bond donors (Lipinski definition) is 1. The molecule has 0 amide bonds. The summed E-state index contributed by atoms with van der Waals surface area (Å²) >= 11 is 0. The van der Waals surface area contributed by atoms with Gasteiger partial charge in [0.25, 0.3) is 10.1 Å². The molecule has 1 N–H and O–H groups in total. The number of benzene rings is 2. The Morgan fingerprint density at radius 1 is 1.19 bits per heavy atom. The minimum absolute atomic E-state index is 0.0567. The Kier molecular flexibility index (Phi) is 5.11. The molecule has 0 saturated carbocycles. The van der Waals surface area contributed by atoms with Crippen LogP contribution >= 0.6 is 0 Å². The number of fused-ring (bicyclic) bond motifs is 1. The molecular formula is C19H18N2O5S. The van der Waals surface area contributed by atoms with Gasteiger partial charge < -0.3 is 9.32 Å². The lowest BCUT2D eigenvalue weighted by Crippen LogP contribution is -2.17. The van der Waals surface area contributed by atoms with Gasteiger partial charge in [-0.05, 0) is 31.2 Å². The molecule has 0 radical (unpaired) electrons. The third-order valence-corrected chi connectivity index (χ3v) is 5.04. The molecule has 0 saturated heterocycles. The molecule has 0 aliphatic heterocycles. The van der Waals surface area contributed by atoms with Crippen molar-refractivity contribution in [2.24, 2.45) is 4.99 Å². The lowest BCUT2D eigenvalue weighted by Gasteiger charge is -2.18. The van der Waals surface area contributed by atoms with E-state index in [1.165, 1.54) is 12.1 Å². The minimum Gasteiger partial charge on any atom is -0.437 e. The number of carbonyl (C=O) groups is 1. The van der Waals surface area contributed by atoms with E-state index in [0.29, 0.717) is 24.2 Å². The highest BCUT2D eigenvalue weighted by atomic mass is 32.2. The summed E-state index contributed by atoms with van der Waals surface area (Å²) in [7, 11) is -2.74. The molecule has 0 fully saturated rings. The first-order chi connectivity index (χ1) is 12.8. The van der Waals surface area contributed by atoms with Crippen LogP contribution in [0.2, 0.25) is 0 Å². The maximum atomic E-state index is 11.9. The smallest absolute Gasteiger partial charge is 0.295 e. The van der Waals surface area contributed by atoms with Crippen molar-refractivity contribution in [2.45, 2.75) is 11.8 Å². The molecule has 0 bridgehead atoms. The third-order valence-electron chi connectivity index (χ3n) is 4.15. The maximum Gasteiger partial charge on any atom is 0.295 e. The SMILES string of the molecule is CCN(C)c1cc(S(=O)(=O)O)c2cc(C=O)c(=Nc3ccccc3)oc2c1. The van der Waals surface area contributed by atoms with Gasteiger partial charge in [-0.15, -0.1) is 0 Å². The van der Waals surface area contributed by atoms with Gasteiger partial charge in [-0.2, -0.15) is 8.42 Å². The van der Waals surface area contributed by atoms with Gasteiger partial charge in [0.1, 0.15) is 10.5 Å². The molecule has 2 aromatic carbocycles. The average molecular weight is 386 g/mol. The number of carbonyl (C=O) groups excluding carboxylic acids is 1. The molecule has 27 heavy (non-hydrogen) atoms. The fraction of sp³-hybridized carbons (Fsp3) is 0.158. The Hall–Kier alpha value is -2.97. The summed E-state index contributed by atoms with van der Waals surface area (Å²) in [5.41, 5.74) is 1.46. The zero-order valence-corrected chi connectivity index (χ0v) is 15.6. The topological polar surface area (TPSA) is 100 Å². The van der Waals surface area contributed by atoms with Crippen LogP contribution in [0.15, 0.2) is 62.8 Å². The summed E-state index contributed by atoms with van der Waals surface area (Å²) in [6.07, 6.45) is 0.532. The molecule has 0 unspecified atom stereocenters. The van der Waals surface area contributed by atoms with Crippen LogP contribution in [0.3, 0.4) is 0 Å². The quantitative estimate of drug-likeness (QED) is 0.534. The molecule has 0 aliphatic rings. The maximum absolute atomic E-state index is 11.9. The summed E-state index contributed by atoms with van der Waals surface area (Å²) < 4.78 is 39.1. The Labute approximate surface area is 156 Å². The highest BCUT2D eigenvalue weighted by Crippen LogP contribution is 2.29. The molecular weight excluding hydrogens is 368 g/mol. The van der Waals surface area contributed by atoms with Gasteiger partial charge in [-0.1, -0.05) is 18.2 Å². The summed E-state index contributed by atoms with van der Waals surface area (Å²) in [4.78, 5) is 17.3. The first-order valence-electron chi connectivity index (χ1n) is 8.19. The van der Waals surface area contributed by atoms with Crippen molar-refractivity contribution in [3.63, 3.8) is 0 Å². The molecule has 0 spiro atoms. The fourth-order valence-electron chi connectivity index (χ4n) is 2.60. The summed E-state index contributed by atoms with van der Waals surface area (Å²) in [5, 5.41) is 0.111. The van der Waals surface area contributed by atoms with E-state index in [1.54, 1.807) is 42.3 Å². The van der Waals surface area contributed by atoms with E-state index in [0.717, 1.165) is 0 Å². The molecule has 140 valence electrons. The molecule has 3 rings (SSSR count). The van der Waals surface area contributed by atoms with Crippen molar-refractivity contribution in [3.8, 4) is 0 Å². The molecule has 8 heteroatoms. The van der Waals surface area contributed by atoms with Crippen molar-refractivity contribution in [1.82, 2.24) is 0 Å². The second kappa shape index (κ2) is 7.34. The zero-order valence-electron chi connectivity index (χ0n) is 14.8. The van der Waals surface area contributed by atoms with Gasteiger partial charge in [-0.3, -0.25) is 9.35 Å². The largest absolute Gasteiger partial charge is 0.437 e. The van der Waals surface area contributed by atoms with Crippen LogP contribution in [0.4, 0.5) is 11.4 Å². The average Bonchev–Trinajstić information content (AvgIpc) is 2.65. The van der Waals surface area contributed by atoms with E-state index in [9.17, 15) is 17.8 Å². The monoisotopic (exact) mass is 386 g/mol. The predicted octanol–water partition coefficient (Wildman–Crippen LogP) is 3.18.